The predicted octanol–water partition coefficient (Wildman–Crippen LogP) is 9.72. The Hall–Kier alpha value is -2.26. The zero-order valence-corrected chi connectivity index (χ0v) is 26.0. The Morgan fingerprint density at radius 1 is 0.605 bits per heavy atom. The minimum absolute atomic E-state index is 0.486. The van der Waals surface area contributed by atoms with Crippen molar-refractivity contribution in [1.82, 2.24) is 0 Å². The average molecular weight is 728 g/mol. The van der Waals surface area contributed by atoms with E-state index in [2.05, 4.69) is 132 Å². The molecule has 0 saturated carbocycles. The molecular weight excluding hydrogens is 698 g/mol. The fraction of sp³-hybridized carbons (Fsp3) is 0.273. The van der Waals surface area contributed by atoms with Crippen molar-refractivity contribution in [2.45, 2.75) is 44.9 Å². The average Bonchev–Trinajstić information content (AvgIpc) is 3.18. The molecule has 1 aliphatic carbocycles. The molecule has 0 radical (unpaired) electrons. The molecule has 5 heteroatoms. The Labute approximate surface area is 252 Å². The highest BCUT2D eigenvalue weighted by atomic mass is 127. The number of ether oxygens (including phenoxy) is 3. The molecule has 0 bridgehead atoms. The van der Waals surface area contributed by atoms with Crippen LogP contribution in [-0.4, -0.2) is 13.2 Å². The van der Waals surface area contributed by atoms with E-state index in [1.807, 2.05) is 0 Å². The van der Waals surface area contributed by atoms with Crippen LogP contribution in [0.3, 0.4) is 0 Å². The van der Waals surface area contributed by atoms with Gasteiger partial charge in [0.2, 0.25) is 0 Å². The Bertz CT molecular complexity index is 1400. The van der Waals surface area contributed by atoms with Crippen LogP contribution in [0.5, 0.6) is 23.0 Å². The van der Waals surface area contributed by atoms with Crippen LogP contribution in [0.1, 0.15) is 61.8 Å². The third kappa shape index (κ3) is 4.30. The molecule has 2 aliphatic rings. The molecular formula is C33H30I2O3. The van der Waals surface area contributed by atoms with Gasteiger partial charge in [0.15, 0.2) is 0 Å². The maximum Gasteiger partial charge on any atom is 0.135 e. The molecule has 4 aromatic rings. The SMILES string of the molecule is CCCCOc1ccc2c(c1)Oc1cc(OCCCC)ccc1C21c2cc(I)ccc2-c2ccc(I)cc21. The van der Waals surface area contributed by atoms with E-state index in [-0.39, 0.29) is 0 Å². The summed E-state index contributed by atoms with van der Waals surface area (Å²) in [5, 5.41) is 0. The van der Waals surface area contributed by atoms with E-state index in [1.165, 1.54) is 29.4 Å². The van der Waals surface area contributed by atoms with Gasteiger partial charge in [-0.3, -0.25) is 0 Å². The summed E-state index contributed by atoms with van der Waals surface area (Å²) in [6, 6.07) is 26.4. The molecule has 3 nitrogen and oxygen atoms in total. The fourth-order valence-electron chi connectivity index (χ4n) is 5.75. The third-order valence-electron chi connectivity index (χ3n) is 7.53. The van der Waals surface area contributed by atoms with Gasteiger partial charge in [-0.2, -0.15) is 0 Å². The maximum atomic E-state index is 6.68. The molecule has 0 fully saturated rings. The second kappa shape index (κ2) is 10.7. The van der Waals surface area contributed by atoms with Crippen LogP contribution in [0.2, 0.25) is 0 Å². The normalized spacial score (nSPS) is 13.8. The van der Waals surface area contributed by atoms with Crippen LogP contribution in [0.15, 0.2) is 72.8 Å². The van der Waals surface area contributed by atoms with Gasteiger partial charge < -0.3 is 14.2 Å². The minimum Gasteiger partial charge on any atom is -0.493 e. The fourth-order valence-corrected chi connectivity index (χ4v) is 6.74. The minimum atomic E-state index is -0.486. The summed E-state index contributed by atoms with van der Waals surface area (Å²) in [6.45, 7) is 5.76. The van der Waals surface area contributed by atoms with Gasteiger partial charge >= 0.3 is 0 Å². The monoisotopic (exact) mass is 728 g/mol. The summed E-state index contributed by atoms with van der Waals surface area (Å²) in [5.41, 5.74) is 6.97. The van der Waals surface area contributed by atoms with E-state index >= 15 is 0 Å². The van der Waals surface area contributed by atoms with Gasteiger partial charge in [-0.1, -0.05) is 51.0 Å². The van der Waals surface area contributed by atoms with Gasteiger partial charge in [0, 0.05) is 30.4 Å². The summed E-state index contributed by atoms with van der Waals surface area (Å²) >= 11 is 4.87. The topological polar surface area (TPSA) is 27.7 Å². The Balaban J connectivity index is 1.61. The van der Waals surface area contributed by atoms with Crippen LogP contribution in [0, 0.1) is 7.14 Å². The number of hydrogen-bond donors (Lipinski definition) is 0. The van der Waals surface area contributed by atoms with Crippen molar-refractivity contribution >= 4 is 45.2 Å². The number of fused-ring (bicyclic) bond motifs is 9. The standard InChI is InChI=1S/C33H30I2O3/c1-3-5-15-36-23-9-13-27-31(19-23)38-32-20-24(37-16-6-4-2)10-14-28(32)33(27)29-17-21(34)7-11-25(29)26-12-8-22(35)18-30(26)33/h7-14,17-20H,3-6,15-16H2,1-2H3. The van der Waals surface area contributed by atoms with Gasteiger partial charge in [0.1, 0.15) is 23.0 Å². The molecule has 0 unspecified atom stereocenters. The second-order valence-corrected chi connectivity index (χ2v) is 12.4. The smallest absolute Gasteiger partial charge is 0.135 e. The third-order valence-corrected chi connectivity index (χ3v) is 8.87. The molecule has 0 N–H and O–H groups in total. The van der Waals surface area contributed by atoms with Gasteiger partial charge in [-0.05, 0) is 117 Å². The molecule has 0 saturated heterocycles. The Morgan fingerprint density at radius 3 is 1.53 bits per heavy atom. The van der Waals surface area contributed by atoms with Gasteiger partial charge in [-0.25, -0.2) is 0 Å². The van der Waals surface area contributed by atoms with Crippen molar-refractivity contribution in [3.63, 3.8) is 0 Å². The van der Waals surface area contributed by atoms with Crippen LogP contribution in [0.4, 0.5) is 0 Å². The van der Waals surface area contributed by atoms with Crippen molar-refractivity contribution in [2.75, 3.05) is 13.2 Å². The van der Waals surface area contributed by atoms with Crippen LogP contribution in [0.25, 0.3) is 11.1 Å². The highest BCUT2D eigenvalue weighted by Crippen LogP contribution is 2.63. The van der Waals surface area contributed by atoms with E-state index < -0.39 is 5.41 Å². The van der Waals surface area contributed by atoms with Crippen molar-refractivity contribution in [3.8, 4) is 34.1 Å². The van der Waals surface area contributed by atoms with E-state index in [0.717, 1.165) is 59.8 Å². The van der Waals surface area contributed by atoms with Crippen molar-refractivity contribution in [2.24, 2.45) is 0 Å². The summed E-state index contributed by atoms with van der Waals surface area (Å²) in [5.74, 6) is 3.37. The first-order valence-electron chi connectivity index (χ1n) is 13.4. The van der Waals surface area contributed by atoms with E-state index in [1.54, 1.807) is 0 Å². The lowest BCUT2D eigenvalue weighted by atomic mass is 9.66. The highest BCUT2D eigenvalue weighted by Gasteiger charge is 2.51. The zero-order chi connectivity index (χ0) is 26.3. The lowest BCUT2D eigenvalue weighted by Crippen LogP contribution is -2.32. The van der Waals surface area contributed by atoms with Gasteiger partial charge in [0.25, 0.3) is 0 Å². The molecule has 194 valence electrons. The van der Waals surface area contributed by atoms with Crippen molar-refractivity contribution in [1.29, 1.82) is 0 Å². The summed E-state index contributed by atoms with van der Waals surface area (Å²) < 4.78 is 21.3. The number of unbranched alkanes of at least 4 members (excludes halogenated alkanes) is 2. The number of rotatable bonds is 8. The molecule has 0 aromatic heterocycles. The summed E-state index contributed by atoms with van der Waals surface area (Å²) in [7, 11) is 0. The molecule has 1 spiro atoms. The first-order chi connectivity index (χ1) is 18.6. The van der Waals surface area contributed by atoms with E-state index in [9.17, 15) is 0 Å². The largest absolute Gasteiger partial charge is 0.493 e. The first-order valence-corrected chi connectivity index (χ1v) is 15.5. The van der Waals surface area contributed by atoms with E-state index in [0.29, 0.717) is 13.2 Å². The zero-order valence-electron chi connectivity index (χ0n) is 21.7. The molecule has 4 aromatic carbocycles. The molecule has 38 heavy (non-hydrogen) atoms. The van der Waals surface area contributed by atoms with Crippen molar-refractivity contribution in [3.05, 3.63) is 102 Å². The summed E-state index contributed by atoms with van der Waals surface area (Å²) in [4.78, 5) is 0. The molecule has 0 atom stereocenters. The van der Waals surface area contributed by atoms with E-state index in [4.69, 9.17) is 14.2 Å². The maximum absolute atomic E-state index is 6.68. The van der Waals surface area contributed by atoms with Crippen LogP contribution in [-0.2, 0) is 5.41 Å². The molecule has 1 heterocycles. The van der Waals surface area contributed by atoms with Gasteiger partial charge in [0.05, 0.1) is 18.6 Å². The van der Waals surface area contributed by atoms with Crippen molar-refractivity contribution < 1.29 is 14.2 Å². The summed E-state index contributed by atoms with van der Waals surface area (Å²) in [6.07, 6.45) is 4.26. The molecule has 6 rings (SSSR count). The predicted molar refractivity (Wildman–Crippen MR) is 170 cm³/mol. The molecule has 1 aliphatic heterocycles. The van der Waals surface area contributed by atoms with Crippen LogP contribution < -0.4 is 14.2 Å². The Kier molecular flexibility index (Phi) is 7.33. The number of hydrogen-bond acceptors (Lipinski definition) is 3. The second-order valence-electron chi connectivity index (χ2n) is 9.95. The van der Waals surface area contributed by atoms with Gasteiger partial charge in [-0.15, -0.1) is 0 Å². The lowest BCUT2D eigenvalue weighted by Gasteiger charge is -2.39. The number of benzene rings is 4. The lowest BCUT2D eigenvalue weighted by molar-refractivity contribution is 0.304. The quantitative estimate of drug-likeness (QED) is 0.115. The Morgan fingerprint density at radius 2 is 1.08 bits per heavy atom. The number of halogens is 2. The highest BCUT2D eigenvalue weighted by molar-refractivity contribution is 14.1. The first kappa shape index (κ1) is 26.0. The van der Waals surface area contributed by atoms with Crippen LogP contribution >= 0.6 is 45.2 Å². The molecule has 0 amide bonds.